The van der Waals surface area contributed by atoms with Crippen LogP contribution in [0.25, 0.3) is 22.6 Å². The highest BCUT2D eigenvalue weighted by Gasteiger charge is 2.29. The first-order chi connectivity index (χ1) is 13.0. The quantitative estimate of drug-likeness (QED) is 0.743. The normalized spacial score (nSPS) is 17.0. The molecule has 142 valence electrons. The number of fused-ring (bicyclic) bond motifs is 1. The van der Waals surface area contributed by atoms with Gasteiger partial charge in [-0.05, 0) is 13.8 Å². The molecule has 0 spiro atoms. The maximum absolute atomic E-state index is 11.1. The van der Waals surface area contributed by atoms with E-state index in [-0.39, 0.29) is 6.10 Å². The van der Waals surface area contributed by atoms with Crippen LogP contribution in [-0.2, 0) is 13.6 Å². The average molecular weight is 371 g/mol. The number of likely N-dealkylation sites (tertiary alicyclic amines) is 1. The Morgan fingerprint density at radius 2 is 2.22 bits per heavy atom. The van der Waals surface area contributed by atoms with Gasteiger partial charge in [-0.25, -0.2) is 14.8 Å². The van der Waals surface area contributed by atoms with Gasteiger partial charge in [-0.3, -0.25) is 4.68 Å². The molecule has 1 amide bonds. The average Bonchev–Trinajstić information content (AvgIpc) is 3.34. The maximum Gasteiger partial charge on any atom is 0.407 e. The molecule has 1 aliphatic rings. The molecule has 1 fully saturated rings. The minimum atomic E-state index is -0.933. The van der Waals surface area contributed by atoms with E-state index in [4.69, 9.17) is 14.8 Å². The Bertz CT molecular complexity index is 1010. The number of carbonyl (C=O) groups is 1. The molecule has 10 heteroatoms. The fourth-order valence-corrected chi connectivity index (χ4v) is 3.45. The largest absolute Gasteiger partial charge is 0.471 e. The third-order valence-electron chi connectivity index (χ3n) is 4.96. The van der Waals surface area contributed by atoms with Crippen LogP contribution in [0.1, 0.15) is 19.0 Å². The van der Waals surface area contributed by atoms with Crippen LogP contribution in [0.15, 0.2) is 12.5 Å². The van der Waals surface area contributed by atoms with Crippen molar-refractivity contribution in [3.63, 3.8) is 0 Å². The van der Waals surface area contributed by atoms with E-state index < -0.39 is 6.09 Å². The summed E-state index contributed by atoms with van der Waals surface area (Å²) in [6, 6.07) is 0. The van der Waals surface area contributed by atoms with E-state index in [1.54, 1.807) is 6.20 Å². The molecule has 27 heavy (non-hydrogen) atoms. The lowest BCUT2D eigenvalue weighted by molar-refractivity contribution is 0.145. The Morgan fingerprint density at radius 3 is 2.89 bits per heavy atom. The molecular weight excluding hydrogens is 350 g/mol. The van der Waals surface area contributed by atoms with E-state index in [2.05, 4.69) is 15.1 Å². The number of aromatic nitrogens is 6. The van der Waals surface area contributed by atoms with Gasteiger partial charge in [0, 0.05) is 32.3 Å². The zero-order valence-electron chi connectivity index (χ0n) is 15.5. The third-order valence-corrected chi connectivity index (χ3v) is 4.96. The molecule has 0 aliphatic carbocycles. The third kappa shape index (κ3) is 2.86. The van der Waals surface area contributed by atoms with Crippen LogP contribution in [0.4, 0.5) is 4.79 Å². The van der Waals surface area contributed by atoms with Crippen molar-refractivity contribution < 1.29 is 14.6 Å². The summed E-state index contributed by atoms with van der Waals surface area (Å²) in [6.07, 6.45) is 2.69. The van der Waals surface area contributed by atoms with Crippen molar-refractivity contribution in [3.05, 3.63) is 18.2 Å². The molecule has 0 aromatic carbocycles. The summed E-state index contributed by atoms with van der Waals surface area (Å²) >= 11 is 0. The highest BCUT2D eigenvalue weighted by atomic mass is 16.5. The van der Waals surface area contributed by atoms with Gasteiger partial charge in [0.25, 0.3) is 0 Å². The van der Waals surface area contributed by atoms with E-state index in [1.165, 1.54) is 11.2 Å². The molecule has 10 nitrogen and oxygen atoms in total. The molecule has 3 aromatic rings. The molecule has 1 N–H and O–H groups in total. The number of hydrogen-bond donors (Lipinski definition) is 1. The molecule has 0 radical (unpaired) electrons. The standard InChI is InChI=1S/C17H21N7O3/c1-4-24-10(2)12(7-20-24)14-21-13-15(22(14)3)18-9-19-16(13)27-11-5-6-23(8-11)17(25)26/h7,9,11H,4-6,8H2,1-3H3,(H,25,26)/t11-/m0/s1. The SMILES string of the molecule is CCn1ncc(-c2nc3c(O[C@H]4CCN(C(=O)O)C4)ncnc3n2C)c1C. The van der Waals surface area contributed by atoms with E-state index in [1.807, 2.05) is 30.1 Å². The van der Waals surface area contributed by atoms with Gasteiger partial charge in [0.2, 0.25) is 5.88 Å². The van der Waals surface area contributed by atoms with Crippen molar-refractivity contribution in [3.8, 4) is 17.3 Å². The summed E-state index contributed by atoms with van der Waals surface area (Å²) in [5, 5.41) is 13.5. The number of aryl methyl sites for hydroxylation is 2. The second-order valence-corrected chi connectivity index (χ2v) is 6.56. The van der Waals surface area contributed by atoms with Crippen LogP contribution in [0.2, 0.25) is 0 Å². The van der Waals surface area contributed by atoms with E-state index in [0.717, 1.165) is 23.6 Å². The molecule has 0 bridgehead atoms. The smallest absolute Gasteiger partial charge is 0.407 e. The minimum Gasteiger partial charge on any atom is -0.471 e. The summed E-state index contributed by atoms with van der Waals surface area (Å²) in [5.41, 5.74) is 3.18. The van der Waals surface area contributed by atoms with Gasteiger partial charge in [-0.2, -0.15) is 10.1 Å². The zero-order chi connectivity index (χ0) is 19.1. The van der Waals surface area contributed by atoms with E-state index in [0.29, 0.717) is 36.6 Å². The van der Waals surface area contributed by atoms with Gasteiger partial charge in [-0.15, -0.1) is 0 Å². The lowest BCUT2D eigenvalue weighted by atomic mass is 10.2. The summed E-state index contributed by atoms with van der Waals surface area (Å²) in [6.45, 7) is 5.61. The van der Waals surface area contributed by atoms with Crippen LogP contribution in [0.3, 0.4) is 0 Å². The van der Waals surface area contributed by atoms with Crippen LogP contribution in [0, 0.1) is 6.92 Å². The summed E-state index contributed by atoms with van der Waals surface area (Å²) < 4.78 is 9.79. The number of amides is 1. The van der Waals surface area contributed by atoms with Gasteiger partial charge >= 0.3 is 6.09 Å². The number of rotatable bonds is 4. The zero-order valence-corrected chi connectivity index (χ0v) is 15.5. The lowest BCUT2D eigenvalue weighted by Gasteiger charge is -2.13. The molecule has 0 saturated carbocycles. The highest BCUT2D eigenvalue weighted by molar-refractivity contribution is 5.81. The maximum atomic E-state index is 11.1. The van der Waals surface area contributed by atoms with Crippen LogP contribution in [-0.4, -0.2) is 64.6 Å². The minimum absolute atomic E-state index is 0.241. The Hall–Kier alpha value is -3.17. The second kappa shape index (κ2) is 6.53. The molecule has 1 atom stereocenters. The Labute approximate surface area is 155 Å². The highest BCUT2D eigenvalue weighted by Crippen LogP contribution is 2.29. The fraction of sp³-hybridized carbons (Fsp3) is 0.471. The van der Waals surface area contributed by atoms with Crippen molar-refractivity contribution in [2.45, 2.75) is 32.9 Å². The van der Waals surface area contributed by atoms with Crippen molar-refractivity contribution >= 4 is 17.3 Å². The van der Waals surface area contributed by atoms with Gasteiger partial charge in [0.15, 0.2) is 11.2 Å². The molecule has 3 aromatic heterocycles. The topological polar surface area (TPSA) is 111 Å². The number of ether oxygens (including phenoxy) is 1. The fourth-order valence-electron chi connectivity index (χ4n) is 3.45. The number of carboxylic acid groups (broad SMARTS) is 1. The van der Waals surface area contributed by atoms with Gasteiger partial charge < -0.3 is 19.3 Å². The first-order valence-corrected chi connectivity index (χ1v) is 8.84. The van der Waals surface area contributed by atoms with Crippen LogP contribution >= 0.6 is 0 Å². The molecule has 4 rings (SSSR count). The Balaban J connectivity index is 1.70. The first kappa shape index (κ1) is 17.3. The summed E-state index contributed by atoms with van der Waals surface area (Å²) in [7, 11) is 1.89. The number of imidazole rings is 1. The molecule has 1 aliphatic heterocycles. The number of hydrogen-bond acceptors (Lipinski definition) is 6. The van der Waals surface area contributed by atoms with Gasteiger partial charge in [0.1, 0.15) is 18.3 Å². The van der Waals surface area contributed by atoms with Crippen molar-refractivity contribution in [2.24, 2.45) is 7.05 Å². The molecule has 0 unspecified atom stereocenters. The van der Waals surface area contributed by atoms with Crippen LogP contribution < -0.4 is 4.74 Å². The summed E-state index contributed by atoms with van der Waals surface area (Å²) in [4.78, 5) is 25.7. The van der Waals surface area contributed by atoms with E-state index in [9.17, 15) is 4.79 Å². The van der Waals surface area contributed by atoms with E-state index >= 15 is 0 Å². The van der Waals surface area contributed by atoms with Gasteiger partial charge in [0.05, 0.1) is 18.3 Å². The van der Waals surface area contributed by atoms with Crippen LogP contribution in [0.5, 0.6) is 5.88 Å². The lowest BCUT2D eigenvalue weighted by Crippen LogP contribution is -2.29. The molecule has 1 saturated heterocycles. The molecular formula is C17H21N7O3. The Kier molecular flexibility index (Phi) is 4.17. The Morgan fingerprint density at radius 1 is 1.41 bits per heavy atom. The second-order valence-electron chi connectivity index (χ2n) is 6.56. The number of nitrogens with zero attached hydrogens (tertiary/aromatic N) is 7. The van der Waals surface area contributed by atoms with Crippen molar-refractivity contribution in [2.75, 3.05) is 13.1 Å². The summed E-state index contributed by atoms with van der Waals surface area (Å²) in [5.74, 6) is 1.12. The predicted octanol–water partition coefficient (Wildman–Crippen LogP) is 1.69. The monoisotopic (exact) mass is 371 g/mol. The van der Waals surface area contributed by atoms with Crippen molar-refractivity contribution in [1.82, 2.24) is 34.2 Å². The van der Waals surface area contributed by atoms with Crippen molar-refractivity contribution in [1.29, 1.82) is 0 Å². The van der Waals surface area contributed by atoms with Gasteiger partial charge in [-0.1, -0.05) is 0 Å². The molecule has 4 heterocycles. The predicted molar refractivity (Wildman–Crippen MR) is 96.6 cm³/mol. The first-order valence-electron chi connectivity index (χ1n) is 8.84.